The van der Waals surface area contributed by atoms with Gasteiger partial charge in [0.2, 0.25) is 0 Å². The number of nitrogen functional groups attached to an aromatic ring is 1. The van der Waals surface area contributed by atoms with E-state index in [0.29, 0.717) is 25.2 Å². The zero-order valence-corrected chi connectivity index (χ0v) is 22.1. The van der Waals surface area contributed by atoms with Gasteiger partial charge in [0.25, 0.3) is 0 Å². The molecule has 0 saturated carbocycles. The van der Waals surface area contributed by atoms with Crippen molar-refractivity contribution in [3.63, 3.8) is 0 Å². The summed E-state index contributed by atoms with van der Waals surface area (Å²) in [6.45, 7) is 4.81. The molecule has 2 aliphatic heterocycles. The molecule has 2 aliphatic rings. The van der Waals surface area contributed by atoms with Crippen LogP contribution < -0.4 is 20.3 Å². The van der Waals surface area contributed by atoms with Gasteiger partial charge in [-0.05, 0) is 61.0 Å². The Balaban J connectivity index is 1.06. The topological polar surface area (TPSA) is 81.7 Å². The lowest BCUT2D eigenvalue weighted by atomic mass is 9.87. The van der Waals surface area contributed by atoms with Crippen molar-refractivity contribution in [3.8, 4) is 5.75 Å². The molecule has 208 valence electrons. The van der Waals surface area contributed by atoms with Crippen LogP contribution in [0.1, 0.15) is 12.0 Å². The fourth-order valence-corrected chi connectivity index (χ4v) is 5.66. The molecule has 10 heteroatoms. The van der Waals surface area contributed by atoms with E-state index < -0.39 is 17.2 Å². The molecule has 4 aromatic rings. The molecule has 0 bridgehead atoms. The predicted molar refractivity (Wildman–Crippen MR) is 149 cm³/mol. The fourth-order valence-electron chi connectivity index (χ4n) is 5.66. The Hall–Kier alpha value is -4.18. The number of hydrogen-bond acceptors (Lipinski definition) is 7. The standard InChI is InChI=1S/C30H32F2N6O2/c31-23-1-10-28(29(32)15-23)30(19-38-21-34-20-35-38)16-22(18-40-30)17-39-27-8-6-26(7-9-27)37-13-11-36(12-14-37)25-4-2-24(33)3-5-25/h1-10,15,20-22H,11-14,16-19,33H2/t22-,30+/m1/s1. The molecule has 2 atom stereocenters. The Labute approximate surface area is 231 Å². The van der Waals surface area contributed by atoms with Crippen LogP contribution in [0.15, 0.2) is 79.4 Å². The third kappa shape index (κ3) is 5.58. The molecule has 1 aromatic heterocycles. The minimum atomic E-state index is -0.988. The van der Waals surface area contributed by atoms with Crippen molar-refractivity contribution in [2.45, 2.75) is 18.6 Å². The first-order valence-corrected chi connectivity index (χ1v) is 13.5. The summed E-state index contributed by atoms with van der Waals surface area (Å²) in [4.78, 5) is 8.74. The molecule has 6 rings (SSSR count). The third-order valence-corrected chi connectivity index (χ3v) is 7.75. The first-order chi connectivity index (χ1) is 19.5. The quantitative estimate of drug-likeness (QED) is 0.327. The van der Waals surface area contributed by atoms with Crippen molar-refractivity contribution in [1.82, 2.24) is 14.8 Å². The Kier molecular flexibility index (Phi) is 7.25. The lowest BCUT2D eigenvalue weighted by Crippen LogP contribution is -2.46. The molecule has 0 radical (unpaired) electrons. The highest BCUT2D eigenvalue weighted by Gasteiger charge is 2.44. The van der Waals surface area contributed by atoms with Gasteiger partial charge in [0.1, 0.15) is 35.6 Å². The number of aromatic nitrogens is 3. The number of halogens is 2. The molecule has 3 heterocycles. The zero-order chi connectivity index (χ0) is 27.5. The maximum absolute atomic E-state index is 14.9. The SMILES string of the molecule is Nc1ccc(N2CCN(c3ccc(OC[C@@H]4CO[C@@](Cn5cncn5)(c5ccc(F)cc5F)C4)cc3)CC2)cc1. The maximum Gasteiger partial charge on any atom is 0.137 e. The van der Waals surface area contributed by atoms with E-state index in [1.165, 1.54) is 24.1 Å². The fraction of sp³-hybridized carbons (Fsp3) is 0.333. The minimum Gasteiger partial charge on any atom is -0.493 e. The second-order valence-corrected chi connectivity index (χ2v) is 10.5. The first kappa shape index (κ1) is 26.1. The Morgan fingerprint density at radius 1 is 0.925 bits per heavy atom. The second-order valence-electron chi connectivity index (χ2n) is 10.5. The van der Waals surface area contributed by atoms with Crippen LogP contribution in [-0.4, -0.2) is 54.2 Å². The van der Waals surface area contributed by atoms with Crippen molar-refractivity contribution in [2.24, 2.45) is 5.92 Å². The van der Waals surface area contributed by atoms with Gasteiger partial charge in [0.05, 0.1) is 19.8 Å². The molecular formula is C30H32F2N6O2. The normalized spacial score (nSPS) is 21.1. The van der Waals surface area contributed by atoms with Gasteiger partial charge in [-0.15, -0.1) is 0 Å². The van der Waals surface area contributed by atoms with Crippen molar-refractivity contribution in [3.05, 3.63) is 96.6 Å². The first-order valence-electron chi connectivity index (χ1n) is 13.5. The summed E-state index contributed by atoms with van der Waals surface area (Å²) in [5, 5.41) is 4.17. The van der Waals surface area contributed by atoms with Crippen LogP contribution >= 0.6 is 0 Å². The summed E-state index contributed by atoms with van der Waals surface area (Å²) in [5.74, 6) is -0.464. The van der Waals surface area contributed by atoms with E-state index in [0.717, 1.165) is 49.4 Å². The number of ether oxygens (including phenoxy) is 2. The molecule has 8 nitrogen and oxygen atoms in total. The smallest absolute Gasteiger partial charge is 0.137 e. The Morgan fingerprint density at radius 3 is 2.23 bits per heavy atom. The van der Waals surface area contributed by atoms with Crippen LogP contribution in [-0.2, 0) is 16.9 Å². The van der Waals surface area contributed by atoms with Gasteiger partial charge >= 0.3 is 0 Å². The highest BCUT2D eigenvalue weighted by atomic mass is 19.1. The minimum absolute atomic E-state index is 0.0223. The largest absolute Gasteiger partial charge is 0.493 e. The van der Waals surface area contributed by atoms with Crippen LogP contribution in [0.2, 0.25) is 0 Å². The van der Waals surface area contributed by atoms with E-state index in [9.17, 15) is 8.78 Å². The molecular weight excluding hydrogens is 514 g/mol. The van der Waals surface area contributed by atoms with Crippen molar-refractivity contribution in [1.29, 1.82) is 0 Å². The molecule has 3 aromatic carbocycles. The predicted octanol–water partition coefficient (Wildman–Crippen LogP) is 4.48. The third-order valence-electron chi connectivity index (χ3n) is 7.75. The number of benzene rings is 3. The monoisotopic (exact) mass is 546 g/mol. The van der Waals surface area contributed by atoms with E-state index in [4.69, 9.17) is 15.2 Å². The van der Waals surface area contributed by atoms with E-state index >= 15 is 0 Å². The summed E-state index contributed by atoms with van der Waals surface area (Å²) in [7, 11) is 0. The van der Waals surface area contributed by atoms with E-state index in [1.54, 1.807) is 11.0 Å². The number of piperazine rings is 1. The van der Waals surface area contributed by atoms with Crippen molar-refractivity contribution in [2.75, 3.05) is 54.9 Å². The molecule has 2 saturated heterocycles. The summed E-state index contributed by atoms with van der Waals surface area (Å²) >= 11 is 0. The highest BCUT2D eigenvalue weighted by Crippen LogP contribution is 2.42. The Morgan fingerprint density at radius 2 is 1.60 bits per heavy atom. The van der Waals surface area contributed by atoms with E-state index in [2.05, 4.69) is 44.1 Å². The van der Waals surface area contributed by atoms with Gasteiger partial charge in [-0.1, -0.05) is 6.07 Å². The van der Waals surface area contributed by atoms with Crippen LogP contribution in [0.25, 0.3) is 0 Å². The van der Waals surface area contributed by atoms with Gasteiger partial charge in [-0.25, -0.2) is 18.4 Å². The number of rotatable bonds is 8. The van der Waals surface area contributed by atoms with Crippen LogP contribution in [0, 0.1) is 17.6 Å². The molecule has 0 spiro atoms. The van der Waals surface area contributed by atoms with Crippen LogP contribution in [0.3, 0.4) is 0 Å². The van der Waals surface area contributed by atoms with E-state index in [1.807, 2.05) is 24.3 Å². The molecule has 2 fully saturated rings. The van der Waals surface area contributed by atoms with Crippen molar-refractivity contribution >= 4 is 17.1 Å². The maximum atomic E-state index is 14.9. The number of hydrogen-bond donors (Lipinski definition) is 1. The summed E-state index contributed by atoms with van der Waals surface area (Å²) in [6, 6.07) is 19.8. The van der Waals surface area contributed by atoms with Crippen molar-refractivity contribution < 1.29 is 18.3 Å². The lowest BCUT2D eigenvalue weighted by Gasteiger charge is -2.37. The highest BCUT2D eigenvalue weighted by molar-refractivity contribution is 5.55. The second kappa shape index (κ2) is 11.1. The summed E-state index contributed by atoms with van der Waals surface area (Å²) in [6.07, 6.45) is 3.50. The van der Waals surface area contributed by atoms with Gasteiger partial charge in [-0.3, -0.25) is 0 Å². The summed E-state index contributed by atoms with van der Waals surface area (Å²) < 4.78 is 42.4. The number of nitrogens with zero attached hydrogens (tertiary/aromatic N) is 5. The molecule has 2 N–H and O–H groups in total. The van der Waals surface area contributed by atoms with E-state index in [-0.39, 0.29) is 12.5 Å². The average Bonchev–Trinajstić information content (AvgIpc) is 3.63. The zero-order valence-electron chi connectivity index (χ0n) is 22.1. The average molecular weight is 547 g/mol. The van der Waals surface area contributed by atoms with Gasteiger partial charge in [-0.2, -0.15) is 5.10 Å². The van der Waals surface area contributed by atoms with Gasteiger partial charge in [0, 0.05) is 60.8 Å². The Bertz CT molecular complexity index is 1410. The lowest BCUT2D eigenvalue weighted by molar-refractivity contribution is -0.0206. The molecule has 40 heavy (non-hydrogen) atoms. The summed E-state index contributed by atoms with van der Waals surface area (Å²) in [5.41, 5.74) is 8.28. The molecule has 0 amide bonds. The molecule has 0 aliphatic carbocycles. The number of nitrogens with two attached hydrogens (primary N) is 1. The van der Waals surface area contributed by atoms with Gasteiger partial charge in [0.15, 0.2) is 0 Å². The van der Waals surface area contributed by atoms with Crippen LogP contribution in [0.4, 0.5) is 25.8 Å². The van der Waals surface area contributed by atoms with Gasteiger partial charge < -0.3 is 25.0 Å². The number of anilines is 3. The van der Waals surface area contributed by atoms with Crippen LogP contribution in [0.5, 0.6) is 5.75 Å². The molecule has 0 unspecified atom stereocenters.